The lowest BCUT2D eigenvalue weighted by Gasteiger charge is -2.13. The van der Waals surface area contributed by atoms with Gasteiger partial charge in [-0.15, -0.1) is 0 Å². The summed E-state index contributed by atoms with van der Waals surface area (Å²) < 4.78 is 0. The highest BCUT2D eigenvalue weighted by molar-refractivity contribution is 6.32. The fourth-order valence-corrected chi connectivity index (χ4v) is 3.12. The standard InChI is InChI=1S/C21H14ClN3O3/c22-19-12-15(24-21(26)17-8-4-5-9-20(17)25(27)28)10-11-16(19)18(13-23)14-6-2-1-3-7-14/h1-12,18H,(H,24,26). The molecule has 0 aliphatic rings. The summed E-state index contributed by atoms with van der Waals surface area (Å²) in [6, 6.07) is 22.0. The van der Waals surface area contributed by atoms with Gasteiger partial charge in [0.2, 0.25) is 0 Å². The molecule has 0 aliphatic heterocycles. The van der Waals surface area contributed by atoms with Crippen LogP contribution in [0.15, 0.2) is 72.8 Å². The number of hydrogen-bond acceptors (Lipinski definition) is 4. The average Bonchev–Trinajstić information content (AvgIpc) is 2.71. The van der Waals surface area contributed by atoms with Crippen LogP contribution >= 0.6 is 11.6 Å². The molecule has 3 rings (SSSR count). The van der Waals surface area contributed by atoms with Crippen molar-refractivity contribution in [3.05, 3.63) is 105 Å². The van der Waals surface area contributed by atoms with E-state index in [1.807, 2.05) is 30.3 Å². The number of amides is 1. The Kier molecular flexibility index (Phi) is 5.68. The van der Waals surface area contributed by atoms with Gasteiger partial charge in [-0.05, 0) is 29.3 Å². The van der Waals surface area contributed by atoms with Gasteiger partial charge in [-0.1, -0.05) is 60.1 Å². The summed E-state index contributed by atoms with van der Waals surface area (Å²) in [5.41, 5.74) is 1.47. The molecule has 1 atom stereocenters. The Morgan fingerprint density at radius 1 is 1.07 bits per heavy atom. The summed E-state index contributed by atoms with van der Waals surface area (Å²) in [6.07, 6.45) is 0. The predicted octanol–water partition coefficient (Wildman–Crippen LogP) is 5.16. The number of para-hydroxylation sites is 1. The van der Waals surface area contributed by atoms with Gasteiger partial charge in [-0.3, -0.25) is 14.9 Å². The Hall–Kier alpha value is -3.69. The van der Waals surface area contributed by atoms with E-state index in [2.05, 4.69) is 11.4 Å². The van der Waals surface area contributed by atoms with Crippen molar-refractivity contribution in [3.63, 3.8) is 0 Å². The van der Waals surface area contributed by atoms with E-state index in [1.165, 1.54) is 24.3 Å². The van der Waals surface area contributed by atoms with Crippen LogP contribution in [0.3, 0.4) is 0 Å². The lowest BCUT2D eigenvalue weighted by atomic mass is 9.92. The first kappa shape index (κ1) is 19.1. The monoisotopic (exact) mass is 391 g/mol. The molecule has 0 spiro atoms. The van der Waals surface area contributed by atoms with Crippen LogP contribution in [0, 0.1) is 21.4 Å². The van der Waals surface area contributed by atoms with Gasteiger partial charge in [-0.2, -0.15) is 5.26 Å². The maximum atomic E-state index is 12.4. The summed E-state index contributed by atoms with van der Waals surface area (Å²) in [5.74, 6) is -1.16. The molecule has 0 bridgehead atoms. The molecule has 0 saturated heterocycles. The lowest BCUT2D eigenvalue weighted by molar-refractivity contribution is -0.385. The highest BCUT2D eigenvalue weighted by atomic mass is 35.5. The zero-order valence-electron chi connectivity index (χ0n) is 14.5. The van der Waals surface area contributed by atoms with Crippen molar-refractivity contribution in [2.45, 2.75) is 5.92 Å². The molecule has 7 heteroatoms. The van der Waals surface area contributed by atoms with E-state index in [9.17, 15) is 20.2 Å². The van der Waals surface area contributed by atoms with Crippen LogP contribution in [-0.2, 0) is 0 Å². The molecule has 0 fully saturated rings. The Morgan fingerprint density at radius 2 is 1.75 bits per heavy atom. The Labute approximate surface area is 166 Å². The van der Waals surface area contributed by atoms with Gasteiger partial charge in [0.05, 0.1) is 16.9 Å². The Balaban J connectivity index is 1.86. The molecule has 0 aromatic heterocycles. The maximum Gasteiger partial charge on any atom is 0.282 e. The number of nitrogens with zero attached hydrogens (tertiary/aromatic N) is 2. The summed E-state index contributed by atoms with van der Waals surface area (Å²) in [5, 5.41) is 23.6. The molecule has 3 aromatic carbocycles. The van der Waals surface area contributed by atoms with Gasteiger partial charge >= 0.3 is 0 Å². The van der Waals surface area contributed by atoms with Crippen molar-refractivity contribution in [1.29, 1.82) is 5.26 Å². The first-order valence-electron chi connectivity index (χ1n) is 8.30. The number of hydrogen-bond donors (Lipinski definition) is 1. The van der Waals surface area contributed by atoms with Gasteiger partial charge in [0.15, 0.2) is 0 Å². The van der Waals surface area contributed by atoms with Crippen LogP contribution in [0.1, 0.15) is 27.4 Å². The lowest BCUT2D eigenvalue weighted by Crippen LogP contribution is -2.14. The van der Waals surface area contributed by atoms with Crippen LogP contribution < -0.4 is 5.32 Å². The fraction of sp³-hybridized carbons (Fsp3) is 0.0476. The Morgan fingerprint density at radius 3 is 2.39 bits per heavy atom. The smallest absolute Gasteiger partial charge is 0.282 e. The molecule has 0 radical (unpaired) electrons. The molecular formula is C21H14ClN3O3. The quantitative estimate of drug-likeness (QED) is 0.480. The average molecular weight is 392 g/mol. The van der Waals surface area contributed by atoms with Crippen molar-refractivity contribution in [2.75, 3.05) is 5.32 Å². The number of nitriles is 1. The van der Waals surface area contributed by atoms with Crippen molar-refractivity contribution < 1.29 is 9.72 Å². The minimum Gasteiger partial charge on any atom is -0.322 e. The van der Waals surface area contributed by atoms with E-state index < -0.39 is 16.7 Å². The first-order chi connectivity index (χ1) is 13.5. The van der Waals surface area contributed by atoms with Crippen molar-refractivity contribution in [3.8, 4) is 6.07 Å². The largest absolute Gasteiger partial charge is 0.322 e. The summed E-state index contributed by atoms with van der Waals surface area (Å²) in [6.45, 7) is 0. The zero-order valence-corrected chi connectivity index (χ0v) is 15.3. The number of carbonyl (C=O) groups is 1. The van der Waals surface area contributed by atoms with E-state index in [4.69, 9.17) is 11.6 Å². The molecule has 0 saturated carbocycles. The molecule has 138 valence electrons. The number of anilines is 1. The molecule has 0 heterocycles. The van der Waals surface area contributed by atoms with E-state index >= 15 is 0 Å². The molecular weight excluding hydrogens is 378 g/mol. The van der Waals surface area contributed by atoms with Crippen LogP contribution in [0.2, 0.25) is 5.02 Å². The minimum atomic E-state index is -0.615. The van der Waals surface area contributed by atoms with Crippen LogP contribution in [0.4, 0.5) is 11.4 Å². The number of benzene rings is 3. The maximum absolute atomic E-state index is 12.4. The molecule has 0 aliphatic carbocycles. The highest BCUT2D eigenvalue weighted by Gasteiger charge is 2.20. The van der Waals surface area contributed by atoms with E-state index in [1.54, 1.807) is 18.2 Å². The topological polar surface area (TPSA) is 96.0 Å². The first-order valence-corrected chi connectivity index (χ1v) is 8.68. The molecule has 1 amide bonds. The van der Waals surface area contributed by atoms with Gasteiger partial charge in [0.25, 0.3) is 11.6 Å². The molecule has 3 aromatic rings. The minimum absolute atomic E-state index is 0.0492. The zero-order chi connectivity index (χ0) is 20.1. The predicted molar refractivity (Wildman–Crippen MR) is 106 cm³/mol. The fourth-order valence-electron chi connectivity index (χ4n) is 2.83. The van der Waals surface area contributed by atoms with E-state index in [0.29, 0.717) is 16.3 Å². The molecule has 1 N–H and O–H groups in total. The van der Waals surface area contributed by atoms with Crippen molar-refractivity contribution >= 4 is 28.9 Å². The van der Waals surface area contributed by atoms with Gasteiger partial charge < -0.3 is 5.32 Å². The van der Waals surface area contributed by atoms with Crippen molar-refractivity contribution in [1.82, 2.24) is 0 Å². The van der Waals surface area contributed by atoms with Gasteiger partial charge in [-0.25, -0.2) is 0 Å². The third-order valence-electron chi connectivity index (χ3n) is 4.18. The van der Waals surface area contributed by atoms with Crippen LogP contribution in [-0.4, -0.2) is 10.8 Å². The number of nitro benzene ring substituents is 1. The summed E-state index contributed by atoms with van der Waals surface area (Å²) >= 11 is 6.35. The van der Waals surface area contributed by atoms with Gasteiger partial charge in [0, 0.05) is 16.8 Å². The molecule has 6 nitrogen and oxygen atoms in total. The van der Waals surface area contributed by atoms with Crippen molar-refractivity contribution in [2.24, 2.45) is 0 Å². The third kappa shape index (κ3) is 4.00. The van der Waals surface area contributed by atoms with Crippen LogP contribution in [0.5, 0.6) is 0 Å². The number of carbonyl (C=O) groups excluding carboxylic acids is 1. The van der Waals surface area contributed by atoms with E-state index in [-0.39, 0.29) is 11.3 Å². The summed E-state index contributed by atoms with van der Waals surface area (Å²) in [7, 11) is 0. The number of rotatable bonds is 5. The summed E-state index contributed by atoms with van der Waals surface area (Å²) in [4.78, 5) is 22.9. The Bertz CT molecular complexity index is 1080. The van der Waals surface area contributed by atoms with Gasteiger partial charge in [0.1, 0.15) is 5.56 Å². The number of nitro groups is 1. The molecule has 28 heavy (non-hydrogen) atoms. The second-order valence-corrected chi connectivity index (χ2v) is 6.34. The van der Waals surface area contributed by atoms with E-state index in [0.717, 1.165) is 5.56 Å². The number of nitrogens with one attached hydrogen (secondary N) is 1. The normalized spacial score (nSPS) is 11.3. The SMILES string of the molecule is N#CC(c1ccccc1)c1ccc(NC(=O)c2ccccc2[N+](=O)[O-])cc1Cl. The third-order valence-corrected chi connectivity index (χ3v) is 4.50. The van der Waals surface area contributed by atoms with Crippen LogP contribution in [0.25, 0.3) is 0 Å². The molecule has 1 unspecified atom stereocenters. The highest BCUT2D eigenvalue weighted by Crippen LogP contribution is 2.32. The second-order valence-electron chi connectivity index (χ2n) is 5.94. The second kappa shape index (κ2) is 8.33. The number of halogens is 1.